The lowest BCUT2D eigenvalue weighted by Crippen LogP contribution is -2.57. The molecule has 1 amide bonds. The van der Waals surface area contributed by atoms with E-state index in [4.69, 9.17) is 14.2 Å². The summed E-state index contributed by atoms with van der Waals surface area (Å²) in [5.74, 6) is -4.80. The molecule has 0 aromatic carbocycles. The van der Waals surface area contributed by atoms with Gasteiger partial charge in [0, 0.05) is 38.1 Å². The Bertz CT molecular complexity index is 1720. The summed E-state index contributed by atoms with van der Waals surface area (Å²) in [6, 6.07) is 1.22. The number of amides is 1. The van der Waals surface area contributed by atoms with Crippen LogP contribution >= 0.6 is 0 Å². The molecule has 0 spiro atoms. The van der Waals surface area contributed by atoms with Gasteiger partial charge in [-0.1, -0.05) is 93.7 Å². The van der Waals surface area contributed by atoms with E-state index in [0.29, 0.717) is 6.42 Å². The van der Waals surface area contributed by atoms with E-state index in [1.165, 1.54) is 25.3 Å². The number of aromatic amines is 1. The van der Waals surface area contributed by atoms with Gasteiger partial charge in [0.25, 0.3) is 5.56 Å². The SMILES string of the molecule is C/C=C/C=C/[C@@H]1O[C@@](O)([C@H](CC)C(=O)NC/C=C/C=C(\C)[C@@H](OC)[C@@H](C)[C@@H]2O[C@H](/C=C/C=C/C=C(\C)C(=O)c3c(O)cc[nH]c3=O)[C@H](O)[C@@H]2O)CC(O)[C@@H]1C. The number of H-pyrrole nitrogens is 1. The van der Waals surface area contributed by atoms with Gasteiger partial charge in [-0.3, -0.25) is 14.4 Å². The van der Waals surface area contributed by atoms with Crippen molar-refractivity contribution in [1.29, 1.82) is 0 Å². The Balaban J connectivity index is 1.57. The van der Waals surface area contributed by atoms with Gasteiger partial charge in [0.1, 0.15) is 29.6 Å². The van der Waals surface area contributed by atoms with Gasteiger partial charge in [0.15, 0.2) is 11.6 Å². The first-order chi connectivity index (χ1) is 26.1. The number of aliphatic hydroxyl groups is 4. The third-order valence-electron chi connectivity index (χ3n) is 10.2. The van der Waals surface area contributed by atoms with Crippen molar-refractivity contribution in [3.8, 4) is 5.75 Å². The Labute approximate surface area is 323 Å². The summed E-state index contributed by atoms with van der Waals surface area (Å²) in [6.45, 7) is 10.9. The quantitative estimate of drug-likeness (QED) is 0.0691. The van der Waals surface area contributed by atoms with Crippen LogP contribution in [0.15, 0.2) is 101 Å². The summed E-state index contributed by atoms with van der Waals surface area (Å²) in [7, 11) is 1.54. The second kappa shape index (κ2) is 21.2. The second-order valence-electron chi connectivity index (χ2n) is 14.1. The molecule has 1 aromatic rings. The van der Waals surface area contributed by atoms with E-state index in [-0.39, 0.29) is 35.9 Å². The lowest BCUT2D eigenvalue weighted by molar-refractivity contribution is -0.297. The molecule has 1 aromatic heterocycles. The number of pyridine rings is 1. The van der Waals surface area contributed by atoms with Crippen LogP contribution < -0.4 is 10.9 Å². The van der Waals surface area contributed by atoms with Crippen LogP contribution in [0.25, 0.3) is 0 Å². The van der Waals surface area contributed by atoms with Gasteiger partial charge in [0.2, 0.25) is 5.91 Å². The number of ketones is 1. The molecule has 55 heavy (non-hydrogen) atoms. The molecule has 0 saturated carbocycles. The number of aromatic nitrogens is 1. The molecule has 0 aliphatic carbocycles. The number of carbonyl (C=O) groups excluding carboxylic acids is 2. The van der Waals surface area contributed by atoms with Crippen LogP contribution in [0.1, 0.15) is 64.7 Å². The molecule has 3 rings (SSSR count). The topological polar surface area (TPSA) is 208 Å². The Morgan fingerprint density at radius 3 is 2.40 bits per heavy atom. The molecule has 1 unspecified atom stereocenters. The number of allylic oxidation sites excluding steroid dienone is 10. The number of aliphatic hydroxyl groups excluding tert-OH is 3. The zero-order valence-electron chi connectivity index (χ0n) is 32.7. The maximum Gasteiger partial charge on any atom is 0.262 e. The summed E-state index contributed by atoms with van der Waals surface area (Å²) in [6.07, 6.45) is 16.0. The fourth-order valence-corrected chi connectivity index (χ4v) is 6.90. The molecule has 11 atom stereocenters. The van der Waals surface area contributed by atoms with Crippen LogP contribution in [-0.2, 0) is 19.0 Å². The molecule has 302 valence electrons. The van der Waals surface area contributed by atoms with E-state index in [1.54, 1.807) is 62.6 Å². The van der Waals surface area contributed by atoms with E-state index in [2.05, 4.69) is 10.3 Å². The van der Waals surface area contributed by atoms with Crippen molar-refractivity contribution in [2.75, 3.05) is 13.7 Å². The first-order valence-electron chi connectivity index (χ1n) is 18.6. The number of aromatic hydroxyl groups is 1. The average molecular weight is 767 g/mol. The summed E-state index contributed by atoms with van der Waals surface area (Å²) in [5, 5.41) is 56.4. The number of hydrogen-bond donors (Lipinski definition) is 7. The highest BCUT2D eigenvalue weighted by Crippen LogP contribution is 2.38. The Morgan fingerprint density at radius 1 is 1.05 bits per heavy atom. The van der Waals surface area contributed by atoms with Crippen molar-refractivity contribution >= 4 is 11.7 Å². The minimum Gasteiger partial charge on any atom is -0.507 e. The fraction of sp³-hybridized carbons (Fsp3) is 0.500. The van der Waals surface area contributed by atoms with E-state index in [9.17, 15) is 39.9 Å². The summed E-state index contributed by atoms with van der Waals surface area (Å²) < 4.78 is 17.8. The molecular weight excluding hydrogens is 708 g/mol. The number of Topliss-reactive ketones (excluding diaryl/α,β-unsaturated/α-hetero) is 1. The van der Waals surface area contributed by atoms with Gasteiger partial charge < -0.3 is 50.0 Å². The fourth-order valence-electron chi connectivity index (χ4n) is 6.90. The largest absolute Gasteiger partial charge is 0.507 e. The molecule has 2 aliphatic heterocycles. The molecule has 2 fully saturated rings. The highest BCUT2D eigenvalue weighted by Gasteiger charge is 2.50. The van der Waals surface area contributed by atoms with Crippen molar-refractivity contribution in [3.05, 3.63) is 112 Å². The maximum absolute atomic E-state index is 13.2. The molecule has 2 aliphatic rings. The molecular formula is C42H58N2O11. The first-order valence-corrected chi connectivity index (χ1v) is 18.6. The van der Waals surface area contributed by atoms with Crippen molar-refractivity contribution in [2.45, 2.75) is 103 Å². The Hall–Kier alpha value is -4.21. The van der Waals surface area contributed by atoms with E-state index < -0.39 is 77.4 Å². The lowest BCUT2D eigenvalue weighted by atomic mass is 9.81. The van der Waals surface area contributed by atoms with Gasteiger partial charge in [-0.05, 0) is 44.4 Å². The smallest absolute Gasteiger partial charge is 0.262 e. The third kappa shape index (κ3) is 11.7. The average Bonchev–Trinajstić information content (AvgIpc) is 3.42. The van der Waals surface area contributed by atoms with Crippen molar-refractivity contribution in [2.24, 2.45) is 17.8 Å². The predicted molar refractivity (Wildman–Crippen MR) is 209 cm³/mol. The van der Waals surface area contributed by atoms with Gasteiger partial charge in [0.05, 0.1) is 30.3 Å². The minimum absolute atomic E-state index is 0.0821. The van der Waals surface area contributed by atoms with Crippen molar-refractivity contribution in [1.82, 2.24) is 10.3 Å². The summed E-state index contributed by atoms with van der Waals surface area (Å²) >= 11 is 0. The molecule has 3 heterocycles. The van der Waals surface area contributed by atoms with Gasteiger partial charge in [-0.25, -0.2) is 0 Å². The molecule has 13 nitrogen and oxygen atoms in total. The van der Waals surface area contributed by atoms with Crippen LogP contribution in [0.2, 0.25) is 0 Å². The van der Waals surface area contributed by atoms with Crippen LogP contribution in [0.5, 0.6) is 5.75 Å². The monoisotopic (exact) mass is 766 g/mol. The second-order valence-corrected chi connectivity index (χ2v) is 14.1. The van der Waals surface area contributed by atoms with E-state index >= 15 is 0 Å². The zero-order valence-corrected chi connectivity index (χ0v) is 32.7. The number of ether oxygens (including phenoxy) is 3. The minimum atomic E-state index is -1.83. The Morgan fingerprint density at radius 2 is 1.75 bits per heavy atom. The third-order valence-corrected chi connectivity index (χ3v) is 10.2. The van der Waals surface area contributed by atoms with Crippen molar-refractivity contribution in [3.63, 3.8) is 0 Å². The molecule has 0 radical (unpaired) electrons. The van der Waals surface area contributed by atoms with Crippen LogP contribution in [0, 0.1) is 17.8 Å². The highest BCUT2D eigenvalue weighted by molar-refractivity contribution is 6.09. The molecule has 0 bridgehead atoms. The molecule has 7 N–H and O–H groups in total. The van der Waals surface area contributed by atoms with Crippen LogP contribution in [0.3, 0.4) is 0 Å². The van der Waals surface area contributed by atoms with Crippen molar-refractivity contribution < 1.29 is 49.3 Å². The molecule has 13 heteroatoms. The number of hydrogen-bond acceptors (Lipinski definition) is 11. The van der Waals surface area contributed by atoms with Gasteiger partial charge in [-0.15, -0.1) is 0 Å². The molecule has 2 saturated heterocycles. The zero-order chi connectivity index (χ0) is 40.9. The number of carbonyl (C=O) groups is 2. The van der Waals surface area contributed by atoms with Crippen LogP contribution in [0.4, 0.5) is 0 Å². The normalized spacial score (nSPS) is 29.9. The van der Waals surface area contributed by atoms with Gasteiger partial charge >= 0.3 is 0 Å². The highest BCUT2D eigenvalue weighted by atomic mass is 16.6. The Kier molecular flexibility index (Phi) is 17.4. The standard InChI is InChI=1S/C42H58N2O11/c1-8-10-12-19-32-27(5)31(46)24-42(52,55-32)29(9-2)40(50)43-22-16-15-18-26(4)38(53-7)28(6)39-37(49)36(48)33(54-39)20-14-11-13-17-25(3)35(47)34-30(45)21-23-44-41(34)51/h8,10-21,23,27-29,31-33,36-39,46,48-49,52H,9,22,24H2,1-7H3,(H,43,50)(H2,44,45,51)/b10-8+,13-11+,16-15+,19-12+,20-14+,25-17+,26-18+/t27-,28+,29+,31?,32-,33+,36-,37-,38+,39-,42+/m0/s1. The summed E-state index contributed by atoms with van der Waals surface area (Å²) in [5.41, 5.74) is -0.00347. The maximum atomic E-state index is 13.2. The number of rotatable bonds is 17. The number of methoxy groups -OCH3 is 1. The summed E-state index contributed by atoms with van der Waals surface area (Å²) in [4.78, 5) is 40.1. The van der Waals surface area contributed by atoms with E-state index in [1.807, 2.05) is 45.9 Å². The van der Waals surface area contributed by atoms with E-state index in [0.717, 1.165) is 5.57 Å². The first kappa shape index (κ1) is 45.2. The van der Waals surface area contributed by atoms with Gasteiger partial charge in [-0.2, -0.15) is 0 Å². The lowest BCUT2D eigenvalue weighted by Gasteiger charge is -2.45. The predicted octanol–water partition coefficient (Wildman–Crippen LogP) is 3.71. The number of nitrogens with one attached hydrogen (secondary N) is 2. The van der Waals surface area contributed by atoms with Crippen LogP contribution in [-0.4, -0.2) is 104 Å².